The Kier molecular flexibility index (Phi) is 4.25. The molecule has 114 valence electrons. The molecular weight excluding hydrogens is 274 g/mol. The molecule has 2 heterocycles. The van der Waals surface area contributed by atoms with Crippen LogP contribution in [0.25, 0.3) is 11.2 Å². The van der Waals surface area contributed by atoms with E-state index in [1.807, 2.05) is 0 Å². The van der Waals surface area contributed by atoms with Gasteiger partial charge in [-0.05, 0) is 26.2 Å². The van der Waals surface area contributed by atoms with Gasteiger partial charge in [0.2, 0.25) is 0 Å². The van der Waals surface area contributed by atoms with Crippen LogP contribution in [0, 0.1) is 0 Å². The third-order valence-electron chi connectivity index (χ3n) is 3.54. The summed E-state index contributed by atoms with van der Waals surface area (Å²) in [6, 6.07) is 0. The Bertz CT molecular complexity index is 796. The standard InChI is InChI=1S/C13H19N5O3/c1-9(15-21)6-4-5-7-18-12(19)10-11(14-8-16(10)2)17(3)13(18)20/h8,21H,4-7H2,1-3H3. The molecule has 0 aliphatic heterocycles. The molecule has 8 nitrogen and oxygen atoms in total. The fraction of sp³-hybridized carbons (Fsp3) is 0.538. The molecule has 2 aromatic heterocycles. The molecule has 0 bridgehead atoms. The van der Waals surface area contributed by atoms with Crippen molar-refractivity contribution in [3.63, 3.8) is 0 Å². The first-order valence-electron chi connectivity index (χ1n) is 6.75. The van der Waals surface area contributed by atoms with Crippen LogP contribution in [0.3, 0.4) is 0 Å². The van der Waals surface area contributed by atoms with Gasteiger partial charge in [-0.2, -0.15) is 0 Å². The van der Waals surface area contributed by atoms with E-state index in [4.69, 9.17) is 5.21 Å². The molecule has 0 atom stereocenters. The van der Waals surface area contributed by atoms with Gasteiger partial charge in [-0.15, -0.1) is 0 Å². The summed E-state index contributed by atoms with van der Waals surface area (Å²) >= 11 is 0. The monoisotopic (exact) mass is 293 g/mol. The average Bonchev–Trinajstić information content (AvgIpc) is 2.86. The van der Waals surface area contributed by atoms with Gasteiger partial charge in [0.25, 0.3) is 5.56 Å². The number of unbranched alkanes of at least 4 members (excludes halogenated alkanes) is 1. The minimum atomic E-state index is -0.362. The Morgan fingerprint density at radius 1 is 1.33 bits per heavy atom. The lowest BCUT2D eigenvalue weighted by molar-refractivity contribution is 0.317. The summed E-state index contributed by atoms with van der Waals surface area (Å²) in [7, 11) is 3.34. The van der Waals surface area contributed by atoms with Gasteiger partial charge in [0.05, 0.1) is 12.0 Å². The minimum Gasteiger partial charge on any atom is -0.411 e. The number of rotatable bonds is 5. The van der Waals surface area contributed by atoms with Gasteiger partial charge in [0.1, 0.15) is 0 Å². The second-order valence-electron chi connectivity index (χ2n) is 5.12. The maximum absolute atomic E-state index is 12.4. The summed E-state index contributed by atoms with van der Waals surface area (Å²) in [6.07, 6.45) is 3.57. The molecule has 0 radical (unpaired) electrons. The van der Waals surface area contributed by atoms with Crippen molar-refractivity contribution in [1.82, 2.24) is 18.7 Å². The van der Waals surface area contributed by atoms with Crippen LogP contribution in [0.4, 0.5) is 0 Å². The van der Waals surface area contributed by atoms with E-state index in [0.717, 1.165) is 6.42 Å². The average molecular weight is 293 g/mol. The van der Waals surface area contributed by atoms with Crippen LogP contribution in [0.1, 0.15) is 26.2 Å². The zero-order valence-electron chi connectivity index (χ0n) is 12.4. The third kappa shape index (κ3) is 2.74. The van der Waals surface area contributed by atoms with Gasteiger partial charge < -0.3 is 9.77 Å². The lowest BCUT2D eigenvalue weighted by atomic mass is 10.2. The minimum absolute atomic E-state index is 0.319. The second-order valence-corrected chi connectivity index (χ2v) is 5.12. The molecule has 0 aromatic carbocycles. The van der Waals surface area contributed by atoms with Gasteiger partial charge >= 0.3 is 5.69 Å². The highest BCUT2D eigenvalue weighted by Crippen LogP contribution is 2.04. The predicted molar refractivity (Wildman–Crippen MR) is 79.0 cm³/mol. The number of aryl methyl sites for hydroxylation is 2. The van der Waals surface area contributed by atoms with E-state index < -0.39 is 0 Å². The highest BCUT2D eigenvalue weighted by atomic mass is 16.4. The number of nitrogens with zero attached hydrogens (tertiary/aromatic N) is 5. The Balaban J connectivity index is 2.30. The maximum Gasteiger partial charge on any atom is 0.332 e. The summed E-state index contributed by atoms with van der Waals surface area (Å²) in [5.74, 6) is 0. The first kappa shape index (κ1) is 15.0. The number of hydrogen-bond donors (Lipinski definition) is 1. The topological polar surface area (TPSA) is 94.4 Å². The molecule has 0 aliphatic carbocycles. The van der Waals surface area contributed by atoms with Crippen LogP contribution in [0.5, 0.6) is 0 Å². The summed E-state index contributed by atoms with van der Waals surface area (Å²) in [5.41, 5.74) is 0.772. The van der Waals surface area contributed by atoms with Crippen molar-refractivity contribution in [2.24, 2.45) is 19.3 Å². The molecule has 2 rings (SSSR count). The van der Waals surface area contributed by atoms with Gasteiger partial charge in [-0.25, -0.2) is 9.78 Å². The molecule has 2 aromatic rings. The zero-order chi connectivity index (χ0) is 15.6. The Morgan fingerprint density at radius 2 is 2.05 bits per heavy atom. The van der Waals surface area contributed by atoms with Gasteiger partial charge in [0.15, 0.2) is 11.2 Å². The molecule has 0 aliphatic rings. The lowest BCUT2D eigenvalue weighted by Crippen LogP contribution is -2.39. The number of hydrogen-bond acceptors (Lipinski definition) is 5. The van der Waals surface area contributed by atoms with Crippen LogP contribution in [0.2, 0.25) is 0 Å². The van der Waals surface area contributed by atoms with E-state index in [2.05, 4.69) is 10.1 Å². The van der Waals surface area contributed by atoms with Crippen molar-refractivity contribution < 1.29 is 5.21 Å². The zero-order valence-corrected chi connectivity index (χ0v) is 12.4. The molecular formula is C13H19N5O3. The SMILES string of the molecule is CC(CCCCn1c(=O)c2c(ncn2C)n(C)c1=O)=NO. The van der Waals surface area contributed by atoms with E-state index in [0.29, 0.717) is 36.3 Å². The van der Waals surface area contributed by atoms with Crippen molar-refractivity contribution >= 4 is 16.9 Å². The maximum atomic E-state index is 12.4. The van der Waals surface area contributed by atoms with Crippen molar-refractivity contribution in [2.45, 2.75) is 32.7 Å². The highest BCUT2D eigenvalue weighted by molar-refractivity contribution is 5.81. The van der Waals surface area contributed by atoms with E-state index in [-0.39, 0.29) is 11.2 Å². The third-order valence-corrected chi connectivity index (χ3v) is 3.54. The largest absolute Gasteiger partial charge is 0.411 e. The Hall–Kier alpha value is -2.38. The van der Waals surface area contributed by atoms with Gasteiger partial charge in [-0.1, -0.05) is 5.16 Å². The summed E-state index contributed by atoms with van der Waals surface area (Å²) in [4.78, 5) is 28.7. The van der Waals surface area contributed by atoms with E-state index in [1.54, 1.807) is 25.6 Å². The van der Waals surface area contributed by atoms with E-state index >= 15 is 0 Å². The highest BCUT2D eigenvalue weighted by Gasteiger charge is 2.14. The molecule has 0 spiro atoms. The van der Waals surface area contributed by atoms with Crippen molar-refractivity contribution in [3.8, 4) is 0 Å². The molecule has 21 heavy (non-hydrogen) atoms. The first-order chi connectivity index (χ1) is 9.97. The molecule has 8 heteroatoms. The molecule has 1 N–H and O–H groups in total. The van der Waals surface area contributed by atoms with Crippen molar-refractivity contribution in [3.05, 3.63) is 27.2 Å². The van der Waals surface area contributed by atoms with Crippen LogP contribution >= 0.6 is 0 Å². The van der Waals surface area contributed by atoms with Crippen LogP contribution < -0.4 is 11.2 Å². The molecule has 0 unspecified atom stereocenters. The van der Waals surface area contributed by atoms with Crippen molar-refractivity contribution in [2.75, 3.05) is 0 Å². The van der Waals surface area contributed by atoms with Crippen LogP contribution in [-0.2, 0) is 20.6 Å². The quantitative estimate of drug-likeness (QED) is 0.375. The number of oxime groups is 1. The first-order valence-corrected chi connectivity index (χ1v) is 6.75. The fourth-order valence-electron chi connectivity index (χ4n) is 2.29. The smallest absolute Gasteiger partial charge is 0.332 e. The van der Waals surface area contributed by atoms with Crippen LogP contribution in [0.15, 0.2) is 21.1 Å². The van der Waals surface area contributed by atoms with Gasteiger partial charge in [-0.3, -0.25) is 13.9 Å². The normalized spacial score (nSPS) is 12.2. The van der Waals surface area contributed by atoms with Crippen LogP contribution in [-0.4, -0.2) is 29.6 Å². The van der Waals surface area contributed by atoms with Crippen molar-refractivity contribution in [1.29, 1.82) is 0 Å². The number of fused-ring (bicyclic) bond motifs is 1. The van der Waals surface area contributed by atoms with E-state index in [1.165, 1.54) is 15.5 Å². The fourth-order valence-corrected chi connectivity index (χ4v) is 2.29. The molecule has 0 amide bonds. The Labute approximate surface area is 120 Å². The molecule has 0 fully saturated rings. The summed E-state index contributed by atoms with van der Waals surface area (Å²) < 4.78 is 4.24. The summed E-state index contributed by atoms with van der Waals surface area (Å²) in [6.45, 7) is 2.07. The molecule has 0 saturated carbocycles. The number of imidazole rings is 1. The second kappa shape index (κ2) is 5.94. The Morgan fingerprint density at radius 3 is 2.71 bits per heavy atom. The van der Waals surface area contributed by atoms with Gasteiger partial charge in [0, 0.05) is 20.6 Å². The number of aromatic nitrogens is 4. The predicted octanol–water partition coefficient (Wildman–Crippen LogP) is 0.454. The van der Waals surface area contributed by atoms with E-state index in [9.17, 15) is 9.59 Å². The molecule has 0 saturated heterocycles. The summed E-state index contributed by atoms with van der Waals surface area (Å²) in [5, 5.41) is 11.7. The lowest BCUT2D eigenvalue weighted by Gasteiger charge is -2.08.